The Labute approximate surface area is 84.3 Å². The van der Waals surface area contributed by atoms with E-state index in [1.165, 1.54) is 0 Å². The van der Waals surface area contributed by atoms with E-state index in [-0.39, 0.29) is 0 Å². The lowest BCUT2D eigenvalue weighted by Crippen LogP contribution is -2.35. The van der Waals surface area contributed by atoms with Gasteiger partial charge in [-0.25, -0.2) is 8.42 Å². The molecule has 0 unspecified atom stereocenters. The van der Waals surface area contributed by atoms with Gasteiger partial charge in [-0.05, 0) is 13.8 Å². The van der Waals surface area contributed by atoms with Gasteiger partial charge in [-0.15, -0.1) is 0 Å². The van der Waals surface area contributed by atoms with Gasteiger partial charge in [0.25, 0.3) is 0 Å². The first-order valence-electron chi connectivity index (χ1n) is 3.92. The maximum atomic E-state index is 9.22. The average molecular weight is 227 g/mol. The Morgan fingerprint density at radius 2 is 1.64 bits per heavy atom. The van der Waals surface area contributed by atoms with Gasteiger partial charge >= 0.3 is 5.96 Å². The third kappa shape index (κ3) is 11.1. The number of nitrogens with zero attached hydrogens (tertiary/aromatic N) is 1. The third-order valence-electron chi connectivity index (χ3n) is 1.33. The van der Waals surface area contributed by atoms with Crippen LogP contribution >= 0.6 is 0 Å². The summed E-state index contributed by atoms with van der Waals surface area (Å²) in [6.45, 7) is 5.81. The molecule has 0 saturated heterocycles. The van der Waals surface area contributed by atoms with Gasteiger partial charge < -0.3 is 4.55 Å². The SMILES string of the molecule is CC[N+](CC)=C(N)N.COS(=O)(=O)[O-]. The highest BCUT2D eigenvalue weighted by Gasteiger charge is 1.94. The molecule has 0 aliphatic carbocycles. The topological polar surface area (TPSA) is 121 Å². The molecule has 0 radical (unpaired) electrons. The van der Waals surface area contributed by atoms with Crippen LogP contribution in [-0.2, 0) is 14.6 Å². The maximum absolute atomic E-state index is 9.22. The Morgan fingerprint density at radius 1 is 1.36 bits per heavy atom. The molecule has 0 aliphatic heterocycles. The van der Waals surface area contributed by atoms with Crippen molar-refractivity contribution in [2.24, 2.45) is 11.5 Å². The summed E-state index contributed by atoms with van der Waals surface area (Å²) < 4.78 is 32.9. The van der Waals surface area contributed by atoms with Crippen LogP contribution in [0.3, 0.4) is 0 Å². The van der Waals surface area contributed by atoms with Crippen molar-refractivity contribution < 1.29 is 21.7 Å². The zero-order valence-electron chi connectivity index (χ0n) is 8.56. The van der Waals surface area contributed by atoms with Gasteiger partial charge in [-0.1, -0.05) is 0 Å². The van der Waals surface area contributed by atoms with Crippen LogP contribution in [0.25, 0.3) is 0 Å². The van der Waals surface area contributed by atoms with Crippen molar-refractivity contribution in [1.82, 2.24) is 0 Å². The van der Waals surface area contributed by atoms with Crippen LogP contribution in [-0.4, -0.2) is 43.7 Å². The molecule has 0 spiro atoms. The van der Waals surface area contributed by atoms with Crippen LogP contribution < -0.4 is 11.5 Å². The van der Waals surface area contributed by atoms with E-state index in [1.807, 2.05) is 18.4 Å². The van der Waals surface area contributed by atoms with Crippen LogP contribution in [0, 0.1) is 0 Å². The molecule has 0 rings (SSSR count). The van der Waals surface area contributed by atoms with Crippen LogP contribution in [0.2, 0.25) is 0 Å². The van der Waals surface area contributed by atoms with Crippen molar-refractivity contribution in [3.8, 4) is 0 Å². The average Bonchev–Trinajstić information content (AvgIpc) is 2.06. The Morgan fingerprint density at radius 3 is 1.64 bits per heavy atom. The van der Waals surface area contributed by atoms with Crippen LogP contribution in [0.5, 0.6) is 0 Å². The van der Waals surface area contributed by atoms with Gasteiger partial charge in [0.2, 0.25) is 10.4 Å². The maximum Gasteiger partial charge on any atom is 0.341 e. The molecular formula is C6H17N3O4S. The third-order valence-corrected chi connectivity index (χ3v) is 1.74. The molecule has 0 aliphatic rings. The lowest BCUT2D eigenvalue weighted by molar-refractivity contribution is -0.522. The van der Waals surface area contributed by atoms with E-state index < -0.39 is 10.4 Å². The van der Waals surface area contributed by atoms with Crippen molar-refractivity contribution in [3.05, 3.63) is 0 Å². The number of nitrogens with two attached hydrogens (primary N) is 2. The van der Waals surface area contributed by atoms with Crippen molar-refractivity contribution >= 4 is 16.4 Å². The molecule has 14 heavy (non-hydrogen) atoms. The lowest BCUT2D eigenvalue weighted by atomic mass is 10.6. The second kappa shape index (κ2) is 7.54. The summed E-state index contributed by atoms with van der Waals surface area (Å²) in [6, 6.07) is 0. The van der Waals surface area contributed by atoms with Gasteiger partial charge in [0.1, 0.15) is 0 Å². The zero-order valence-corrected chi connectivity index (χ0v) is 9.37. The normalized spacial score (nSPS) is 10.0. The minimum atomic E-state index is -4.41. The standard InChI is InChI=1S/C5H13N3.CH4O4S/c1-3-8(4-2)5(6)7;1-5-6(2,3)4/h3-4H2,1-2H3,(H3,6,7);1H3,(H,2,3,4). The number of hydrogen-bond acceptors (Lipinski definition) is 4. The molecule has 4 N–H and O–H groups in total. The summed E-state index contributed by atoms with van der Waals surface area (Å²) in [4.78, 5) is 0. The van der Waals surface area contributed by atoms with Crippen molar-refractivity contribution in [2.75, 3.05) is 20.2 Å². The summed E-state index contributed by atoms with van der Waals surface area (Å²) >= 11 is 0. The molecule has 0 amide bonds. The van der Waals surface area contributed by atoms with Crippen LogP contribution in [0.15, 0.2) is 0 Å². The molecule has 0 aromatic rings. The molecule has 86 valence electrons. The smallest absolute Gasteiger partial charge is 0.341 e. The second-order valence-corrected chi connectivity index (χ2v) is 3.32. The summed E-state index contributed by atoms with van der Waals surface area (Å²) in [5, 5.41) is 0. The molecule has 0 fully saturated rings. The predicted octanol–water partition coefficient (Wildman–Crippen LogP) is -1.59. The van der Waals surface area contributed by atoms with E-state index in [1.54, 1.807) is 0 Å². The summed E-state index contributed by atoms with van der Waals surface area (Å²) in [6.07, 6.45) is 0. The van der Waals surface area contributed by atoms with E-state index in [9.17, 15) is 13.0 Å². The van der Waals surface area contributed by atoms with Crippen LogP contribution in [0.4, 0.5) is 0 Å². The Kier molecular flexibility index (Phi) is 8.40. The molecule has 0 heterocycles. The van der Waals surface area contributed by atoms with Gasteiger partial charge in [0.15, 0.2) is 0 Å². The van der Waals surface area contributed by atoms with Crippen molar-refractivity contribution in [3.63, 3.8) is 0 Å². The molecule has 0 aromatic heterocycles. The molecular weight excluding hydrogens is 210 g/mol. The van der Waals surface area contributed by atoms with E-state index in [0.717, 1.165) is 20.2 Å². The fourth-order valence-corrected chi connectivity index (χ4v) is 0.589. The highest BCUT2D eigenvalue weighted by Crippen LogP contribution is 1.74. The Hall–Kier alpha value is -0.860. The van der Waals surface area contributed by atoms with E-state index >= 15 is 0 Å². The minimum absolute atomic E-state index is 0.412. The highest BCUT2D eigenvalue weighted by molar-refractivity contribution is 7.80. The summed E-state index contributed by atoms with van der Waals surface area (Å²) in [7, 11) is -3.60. The van der Waals surface area contributed by atoms with Gasteiger partial charge in [0, 0.05) is 0 Å². The molecule has 0 saturated carbocycles. The lowest BCUT2D eigenvalue weighted by Gasteiger charge is -1.99. The number of guanidine groups is 1. The Bertz CT molecular complexity index is 263. The zero-order chi connectivity index (χ0) is 11.8. The highest BCUT2D eigenvalue weighted by atomic mass is 32.3. The minimum Gasteiger partial charge on any atom is -0.726 e. The number of hydrogen-bond donors (Lipinski definition) is 2. The largest absolute Gasteiger partial charge is 0.726 e. The predicted molar refractivity (Wildman–Crippen MR) is 51.4 cm³/mol. The second-order valence-electron chi connectivity index (χ2n) is 2.17. The van der Waals surface area contributed by atoms with E-state index in [2.05, 4.69) is 4.18 Å². The summed E-state index contributed by atoms with van der Waals surface area (Å²) in [5.41, 5.74) is 10.6. The molecule has 8 heteroatoms. The quantitative estimate of drug-likeness (QED) is 0.197. The molecule has 0 bridgehead atoms. The van der Waals surface area contributed by atoms with E-state index in [0.29, 0.717) is 5.96 Å². The van der Waals surface area contributed by atoms with Gasteiger partial charge in [0.05, 0.1) is 20.2 Å². The summed E-state index contributed by atoms with van der Waals surface area (Å²) in [5.74, 6) is 0.412. The van der Waals surface area contributed by atoms with Gasteiger partial charge in [-0.2, -0.15) is 0 Å². The van der Waals surface area contributed by atoms with E-state index in [4.69, 9.17) is 11.5 Å². The molecule has 7 nitrogen and oxygen atoms in total. The van der Waals surface area contributed by atoms with Crippen LogP contribution in [0.1, 0.15) is 13.8 Å². The monoisotopic (exact) mass is 227 g/mol. The fourth-order valence-electron chi connectivity index (χ4n) is 0.589. The molecule has 0 atom stereocenters. The Balaban J connectivity index is 0. The molecule has 0 aromatic carbocycles. The van der Waals surface area contributed by atoms with Crippen molar-refractivity contribution in [2.45, 2.75) is 13.8 Å². The first-order chi connectivity index (χ1) is 6.28. The number of rotatable bonds is 3. The fraction of sp³-hybridized carbons (Fsp3) is 0.833. The first kappa shape index (κ1) is 15.6. The first-order valence-corrected chi connectivity index (χ1v) is 5.26. The van der Waals surface area contributed by atoms with Crippen molar-refractivity contribution in [1.29, 1.82) is 0 Å². The van der Waals surface area contributed by atoms with Gasteiger partial charge in [-0.3, -0.25) is 20.2 Å².